The summed E-state index contributed by atoms with van der Waals surface area (Å²) in [5.41, 5.74) is 9.74. The van der Waals surface area contributed by atoms with Gasteiger partial charge in [-0.05, 0) is 17.4 Å². The third kappa shape index (κ3) is 3.28. The van der Waals surface area contributed by atoms with E-state index in [-0.39, 0.29) is 5.41 Å². The Hall–Kier alpha value is -1.19. The molecule has 0 amide bonds. The van der Waals surface area contributed by atoms with Crippen molar-refractivity contribution < 1.29 is 0 Å². The molecule has 1 aromatic carbocycles. The molecule has 0 unspecified atom stereocenters. The van der Waals surface area contributed by atoms with Gasteiger partial charge in [-0.15, -0.1) is 11.3 Å². The topological polar surface area (TPSA) is 38.9 Å². The van der Waals surface area contributed by atoms with E-state index in [2.05, 4.69) is 52.0 Å². The fourth-order valence-corrected chi connectivity index (χ4v) is 3.20. The number of benzene rings is 1. The van der Waals surface area contributed by atoms with Gasteiger partial charge in [0.05, 0.1) is 5.69 Å². The van der Waals surface area contributed by atoms with Crippen molar-refractivity contribution in [2.24, 2.45) is 5.73 Å². The van der Waals surface area contributed by atoms with Crippen LogP contribution in [0.4, 0.5) is 0 Å². The van der Waals surface area contributed by atoms with E-state index in [0.29, 0.717) is 6.54 Å². The van der Waals surface area contributed by atoms with Gasteiger partial charge in [0, 0.05) is 17.0 Å². The van der Waals surface area contributed by atoms with Crippen LogP contribution >= 0.6 is 11.3 Å². The molecule has 20 heavy (non-hydrogen) atoms. The van der Waals surface area contributed by atoms with Gasteiger partial charge in [-0.25, -0.2) is 4.98 Å². The van der Waals surface area contributed by atoms with Gasteiger partial charge in [0.25, 0.3) is 0 Å². The molecule has 0 aliphatic carbocycles. The average molecular weight is 288 g/mol. The highest BCUT2D eigenvalue weighted by molar-refractivity contribution is 7.15. The fraction of sp³-hybridized carbons (Fsp3) is 0.471. The van der Waals surface area contributed by atoms with Crippen molar-refractivity contribution in [1.29, 1.82) is 0 Å². The van der Waals surface area contributed by atoms with Crippen LogP contribution in [0.5, 0.6) is 0 Å². The van der Waals surface area contributed by atoms with Crippen LogP contribution in [-0.4, -0.2) is 4.98 Å². The van der Waals surface area contributed by atoms with Gasteiger partial charge in [0.2, 0.25) is 0 Å². The Morgan fingerprint density at radius 2 is 1.80 bits per heavy atom. The minimum atomic E-state index is 0.192. The Morgan fingerprint density at radius 3 is 2.30 bits per heavy atom. The molecule has 0 bridgehead atoms. The second-order valence-electron chi connectivity index (χ2n) is 6.17. The zero-order valence-electron chi connectivity index (χ0n) is 12.9. The number of thiazole rings is 1. The van der Waals surface area contributed by atoms with E-state index >= 15 is 0 Å². The van der Waals surface area contributed by atoms with E-state index in [9.17, 15) is 0 Å². The number of aromatic nitrogens is 1. The molecule has 2 aromatic rings. The summed E-state index contributed by atoms with van der Waals surface area (Å²) in [4.78, 5) is 6.00. The number of hydrogen-bond acceptors (Lipinski definition) is 3. The van der Waals surface area contributed by atoms with E-state index in [1.54, 1.807) is 11.3 Å². The van der Waals surface area contributed by atoms with Crippen molar-refractivity contribution in [3.05, 3.63) is 40.4 Å². The third-order valence-corrected chi connectivity index (χ3v) is 4.62. The second-order valence-corrected chi connectivity index (χ2v) is 7.25. The summed E-state index contributed by atoms with van der Waals surface area (Å²) >= 11 is 1.73. The molecule has 0 fully saturated rings. The number of aryl methyl sites for hydroxylation is 1. The molecule has 0 aliphatic rings. The van der Waals surface area contributed by atoms with Crippen molar-refractivity contribution in [2.45, 2.75) is 52.5 Å². The minimum absolute atomic E-state index is 0.192. The van der Waals surface area contributed by atoms with Crippen molar-refractivity contribution in [1.82, 2.24) is 4.98 Å². The largest absolute Gasteiger partial charge is 0.326 e. The van der Waals surface area contributed by atoms with Crippen molar-refractivity contribution in [2.75, 3.05) is 0 Å². The molecule has 0 radical (unpaired) electrons. The van der Waals surface area contributed by atoms with Gasteiger partial charge >= 0.3 is 0 Å². The number of rotatable bonds is 4. The lowest BCUT2D eigenvalue weighted by Crippen LogP contribution is -2.10. The summed E-state index contributed by atoms with van der Waals surface area (Å²) in [6.07, 6.45) is 2.13. The van der Waals surface area contributed by atoms with Gasteiger partial charge in [-0.3, -0.25) is 0 Å². The second kappa shape index (κ2) is 6.06. The molecule has 0 saturated heterocycles. The monoisotopic (exact) mass is 288 g/mol. The number of nitrogens with zero attached hydrogens (tertiary/aromatic N) is 1. The van der Waals surface area contributed by atoms with Gasteiger partial charge in [-0.2, -0.15) is 0 Å². The lowest BCUT2D eigenvalue weighted by Gasteiger charge is -2.18. The Kier molecular flexibility index (Phi) is 4.61. The Bertz CT molecular complexity index is 562. The molecular formula is C17H24N2S. The zero-order chi connectivity index (χ0) is 14.8. The van der Waals surface area contributed by atoms with E-state index in [1.807, 2.05) is 0 Å². The summed E-state index contributed by atoms with van der Waals surface area (Å²) in [6, 6.07) is 8.77. The lowest BCUT2D eigenvalue weighted by atomic mass is 9.87. The van der Waals surface area contributed by atoms with Crippen LogP contribution in [0.15, 0.2) is 24.3 Å². The molecular weight excluding hydrogens is 264 g/mol. The van der Waals surface area contributed by atoms with Crippen LogP contribution in [0.1, 0.15) is 50.3 Å². The van der Waals surface area contributed by atoms with Gasteiger partial charge in [-0.1, -0.05) is 58.4 Å². The highest BCUT2D eigenvalue weighted by Gasteiger charge is 2.15. The first-order chi connectivity index (χ1) is 9.45. The highest BCUT2D eigenvalue weighted by Crippen LogP contribution is 2.30. The predicted molar refractivity (Wildman–Crippen MR) is 88.1 cm³/mol. The van der Waals surface area contributed by atoms with E-state index in [0.717, 1.165) is 17.8 Å². The minimum Gasteiger partial charge on any atom is -0.326 e. The maximum absolute atomic E-state index is 5.82. The molecule has 0 spiro atoms. The Balaban J connectivity index is 2.32. The van der Waals surface area contributed by atoms with Crippen LogP contribution in [0, 0.1) is 0 Å². The van der Waals surface area contributed by atoms with E-state index in [4.69, 9.17) is 10.7 Å². The molecule has 0 saturated carbocycles. The normalized spacial score (nSPS) is 11.8. The number of hydrogen-bond donors (Lipinski definition) is 1. The molecule has 108 valence electrons. The zero-order valence-corrected chi connectivity index (χ0v) is 13.7. The summed E-state index contributed by atoms with van der Waals surface area (Å²) in [6.45, 7) is 9.47. The molecule has 2 N–H and O–H groups in total. The van der Waals surface area contributed by atoms with Crippen LogP contribution in [0.3, 0.4) is 0 Å². The van der Waals surface area contributed by atoms with Gasteiger partial charge < -0.3 is 5.73 Å². The SMILES string of the molecule is CCCc1nc(-c2ccc(C(C)(C)C)cc2)sc1CN. The molecule has 3 heteroatoms. The van der Waals surface area contributed by atoms with E-state index in [1.165, 1.54) is 21.7 Å². The van der Waals surface area contributed by atoms with Crippen LogP contribution < -0.4 is 5.73 Å². The maximum atomic E-state index is 5.82. The van der Waals surface area contributed by atoms with Crippen LogP contribution in [0.25, 0.3) is 10.6 Å². The molecule has 1 aromatic heterocycles. The first-order valence-electron chi connectivity index (χ1n) is 7.25. The van der Waals surface area contributed by atoms with Gasteiger partial charge in [0.15, 0.2) is 0 Å². The lowest BCUT2D eigenvalue weighted by molar-refractivity contribution is 0.590. The standard InChI is InChI=1S/C17H24N2S/c1-5-6-14-15(11-18)20-16(19-14)12-7-9-13(10-8-12)17(2,3)4/h7-10H,5-6,11,18H2,1-4H3. The Morgan fingerprint density at radius 1 is 1.15 bits per heavy atom. The molecule has 0 aliphatic heterocycles. The number of nitrogens with two attached hydrogens (primary N) is 1. The van der Waals surface area contributed by atoms with E-state index < -0.39 is 0 Å². The first-order valence-corrected chi connectivity index (χ1v) is 8.07. The Labute approximate surface area is 126 Å². The smallest absolute Gasteiger partial charge is 0.123 e. The highest BCUT2D eigenvalue weighted by atomic mass is 32.1. The third-order valence-electron chi connectivity index (χ3n) is 3.45. The van der Waals surface area contributed by atoms with Crippen LogP contribution in [0.2, 0.25) is 0 Å². The quantitative estimate of drug-likeness (QED) is 0.898. The molecule has 0 atom stereocenters. The van der Waals surface area contributed by atoms with Crippen molar-refractivity contribution in [3.63, 3.8) is 0 Å². The first kappa shape index (κ1) is 15.2. The maximum Gasteiger partial charge on any atom is 0.123 e. The fourth-order valence-electron chi connectivity index (χ4n) is 2.21. The summed E-state index contributed by atoms with van der Waals surface area (Å²) in [5.74, 6) is 0. The van der Waals surface area contributed by atoms with Gasteiger partial charge in [0.1, 0.15) is 5.01 Å². The molecule has 1 heterocycles. The summed E-state index contributed by atoms with van der Waals surface area (Å²) in [7, 11) is 0. The predicted octanol–water partition coefficient (Wildman–Crippen LogP) is 4.52. The van der Waals surface area contributed by atoms with Crippen molar-refractivity contribution >= 4 is 11.3 Å². The van der Waals surface area contributed by atoms with Crippen molar-refractivity contribution in [3.8, 4) is 10.6 Å². The average Bonchev–Trinajstić information content (AvgIpc) is 2.81. The van der Waals surface area contributed by atoms with Crippen LogP contribution in [-0.2, 0) is 18.4 Å². The molecule has 2 rings (SSSR count). The summed E-state index contributed by atoms with van der Waals surface area (Å²) in [5, 5.41) is 1.09. The molecule has 2 nitrogen and oxygen atoms in total. The summed E-state index contributed by atoms with van der Waals surface area (Å²) < 4.78 is 0.